The molecule has 2 rings (SSSR count). The van der Waals surface area contributed by atoms with E-state index in [1.807, 2.05) is 24.3 Å². The molecule has 0 atom stereocenters. The van der Waals surface area contributed by atoms with Crippen LogP contribution in [-0.4, -0.2) is 5.11 Å². The minimum atomic E-state index is 0.0867. The fourth-order valence-corrected chi connectivity index (χ4v) is 2.30. The van der Waals surface area contributed by atoms with Gasteiger partial charge in [-0.1, -0.05) is 12.1 Å². The molecule has 13 heavy (non-hydrogen) atoms. The number of nitrogen functional groups attached to an aromatic ring is 1. The monoisotopic (exact) mass is 194 g/mol. The van der Waals surface area contributed by atoms with Gasteiger partial charge < -0.3 is 10.5 Å². The van der Waals surface area contributed by atoms with E-state index in [1.54, 1.807) is 11.3 Å². The summed E-state index contributed by atoms with van der Waals surface area (Å²) in [5.41, 5.74) is 3.54. The first kappa shape index (κ1) is 8.50. The molecular formula is C9H10N2OS. The highest BCUT2D eigenvalue weighted by molar-refractivity contribution is 7.19. The van der Waals surface area contributed by atoms with Crippen LogP contribution < -0.4 is 11.3 Å². The number of nitrogens with two attached hydrogens (primary N) is 1. The lowest BCUT2D eigenvalue weighted by Gasteiger charge is -1.99. The van der Waals surface area contributed by atoms with Crippen molar-refractivity contribution in [2.24, 2.45) is 5.84 Å². The van der Waals surface area contributed by atoms with Gasteiger partial charge in [0.1, 0.15) is 0 Å². The first-order chi connectivity index (χ1) is 6.35. The highest BCUT2D eigenvalue weighted by Gasteiger charge is 2.03. The van der Waals surface area contributed by atoms with Gasteiger partial charge in [0, 0.05) is 4.88 Å². The van der Waals surface area contributed by atoms with Gasteiger partial charge in [0.2, 0.25) is 0 Å². The maximum Gasteiger partial charge on any atom is 0.0774 e. The minimum Gasteiger partial charge on any atom is -0.391 e. The third kappa shape index (κ3) is 1.39. The lowest BCUT2D eigenvalue weighted by molar-refractivity contribution is 0.285. The molecule has 2 aromatic rings. The van der Waals surface area contributed by atoms with E-state index in [9.17, 15) is 0 Å². The summed E-state index contributed by atoms with van der Waals surface area (Å²) in [6.45, 7) is 0.0867. The zero-order chi connectivity index (χ0) is 9.26. The Hall–Kier alpha value is -1.10. The highest BCUT2D eigenvalue weighted by Crippen LogP contribution is 2.31. The maximum atomic E-state index is 8.96. The van der Waals surface area contributed by atoms with Gasteiger partial charge in [-0.05, 0) is 17.5 Å². The molecule has 0 radical (unpaired) electrons. The van der Waals surface area contributed by atoms with Crippen molar-refractivity contribution in [3.63, 3.8) is 0 Å². The topological polar surface area (TPSA) is 58.3 Å². The van der Waals surface area contributed by atoms with Gasteiger partial charge in [0.05, 0.1) is 17.0 Å². The van der Waals surface area contributed by atoms with Crippen molar-refractivity contribution < 1.29 is 5.11 Å². The molecular weight excluding hydrogens is 184 g/mol. The smallest absolute Gasteiger partial charge is 0.0774 e. The Balaban J connectivity index is 2.67. The lowest BCUT2D eigenvalue weighted by Crippen LogP contribution is -2.06. The standard InChI is InChI=1S/C9H10N2OS/c10-11-8-3-1-2-6-4-7(5-12)13-9(6)8/h1-4,11-12H,5,10H2. The van der Waals surface area contributed by atoms with E-state index in [-0.39, 0.29) is 6.61 Å². The molecule has 0 unspecified atom stereocenters. The number of hydrazine groups is 1. The van der Waals surface area contributed by atoms with E-state index in [4.69, 9.17) is 10.9 Å². The second-order valence-electron chi connectivity index (χ2n) is 2.74. The summed E-state index contributed by atoms with van der Waals surface area (Å²) in [5, 5.41) is 10.1. The van der Waals surface area contributed by atoms with Crippen LogP contribution in [0.4, 0.5) is 5.69 Å². The first-order valence-electron chi connectivity index (χ1n) is 3.94. The number of aliphatic hydroxyl groups is 1. The second-order valence-corrected chi connectivity index (χ2v) is 3.88. The zero-order valence-electron chi connectivity index (χ0n) is 6.95. The number of fused-ring (bicyclic) bond motifs is 1. The molecule has 68 valence electrons. The third-order valence-electron chi connectivity index (χ3n) is 1.91. The molecule has 0 amide bonds. The van der Waals surface area contributed by atoms with Crippen LogP contribution >= 0.6 is 11.3 Å². The molecule has 0 bridgehead atoms. The molecule has 4 heteroatoms. The van der Waals surface area contributed by atoms with E-state index < -0.39 is 0 Å². The molecule has 0 aliphatic heterocycles. The molecule has 4 N–H and O–H groups in total. The van der Waals surface area contributed by atoms with Crippen molar-refractivity contribution >= 4 is 27.1 Å². The van der Waals surface area contributed by atoms with E-state index in [2.05, 4.69) is 5.43 Å². The molecule has 0 saturated carbocycles. The van der Waals surface area contributed by atoms with E-state index >= 15 is 0 Å². The summed E-state index contributed by atoms with van der Waals surface area (Å²) in [6, 6.07) is 7.83. The summed E-state index contributed by atoms with van der Waals surface area (Å²) in [4.78, 5) is 0.956. The summed E-state index contributed by atoms with van der Waals surface area (Å²) >= 11 is 1.56. The van der Waals surface area contributed by atoms with Crippen molar-refractivity contribution in [2.45, 2.75) is 6.61 Å². The predicted molar refractivity (Wildman–Crippen MR) is 55.6 cm³/mol. The van der Waals surface area contributed by atoms with Gasteiger partial charge in [-0.3, -0.25) is 5.84 Å². The van der Waals surface area contributed by atoms with Crippen molar-refractivity contribution in [3.05, 3.63) is 29.1 Å². The highest BCUT2D eigenvalue weighted by atomic mass is 32.1. The molecule has 1 aromatic carbocycles. The Morgan fingerprint density at radius 3 is 3.00 bits per heavy atom. The predicted octanol–water partition coefficient (Wildman–Crippen LogP) is 1.68. The largest absolute Gasteiger partial charge is 0.391 e. The molecule has 0 aliphatic rings. The average Bonchev–Trinajstić information content (AvgIpc) is 2.59. The third-order valence-corrected chi connectivity index (χ3v) is 3.08. The average molecular weight is 194 g/mol. The van der Waals surface area contributed by atoms with Gasteiger partial charge in [0.15, 0.2) is 0 Å². The van der Waals surface area contributed by atoms with Gasteiger partial charge in [0.25, 0.3) is 0 Å². The summed E-state index contributed by atoms with van der Waals surface area (Å²) in [7, 11) is 0. The van der Waals surface area contributed by atoms with E-state index in [0.717, 1.165) is 20.7 Å². The Morgan fingerprint density at radius 1 is 1.46 bits per heavy atom. The van der Waals surface area contributed by atoms with Crippen molar-refractivity contribution in [1.82, 2.24) is 0 Å². The van der Waals surface area contributed by atoms with Crippen LogP contribution in [0.5, 0.6) is 0 Å². The summed E-state index contributed by atoms with van der Waals surface area (Å²) < 4.78 is 1.09. The van der Waals surface area contributed by atoms with E-state index in [1.165, 1.54) is 0 Å². The molecule has 3 nitrogen and oxygen atoms in total. The fraction of sp³-hybridized carbons (Fsp3) is 0.111. The van der Waals surface area contributed by atoms with Crippen LogP contribution in [0.25, 0.3) is 10.1 Å². The number of nitrogens with one attached hydrogen (secondary N) is 1. The molecule has 0 saturated heterocycles. The van der Waals surface area contributed by atoms with Gasteiger partial charge >= 0.3 is 0 Å². The summed E-state index contributed by atoms with van der Waals surface area (Å²) in [6.07, 6.45) is 0. The van der Waals surface area contributed by atoms with Gasteiger partial charge in [-0.2, -0.15) is 0 Å². The van der Waals surface area contributed by atoms with Crippen LogP contribution in [0, 0.1) is 0 Å². The Morgan fingerprint density at radius 2 is 2.31 bits per heavy atom. The van der Waals surface area contributed by atoms with Crippen molar-refractivity contribution in [1.29, 1.82) is 0 Å². The lowest BCUT2D eigenvalue weighted by atomic mass is 10.2. The van der Waals surface area contributed by atoms with Crippen molar-refractivity contribution in [2.75, 3.05) is 5.43 Å². The number of thiophene rings is 1. The van der Waals surface area contributed by atoms with E-state index in [0.29, 0.717) is 0 Å². The number of rotatable bonds is 2. The molecule has 1 heterocycles. The number of aliphatic hydroxyl groups excluding tert-OH is 1. The number of hydrogen-bond acceptors (Lipinski definition) is 4. The summed E-state index contributed by atoms with van der Waals surface area (Å²) in [5.74, 6) is 5.36. The number of benzene rings is 1. The molecule has 0 fully saturated rings. The SMILES string of the molecule is NNc1cccc2cc(CO)sc12. The molecule has 0 spiro atoms. The van der Waals surface area contributed by atoms with Crippen LogP contribution in [0.15, 0.2) is 24.3 Å². The number of anilines is 1. The maximum absolute atomic E-state index is 8.96. The van der Waals surface area contributed by atoms with Crippen LogP contribution in [0.1, 0.15) is 4.88 Å². The van der Waals surface area contributed by atoms with Crippen LogP contribution in [-0.2, 0) is 6.61 Å². The van der Waals surface area contributed by atoms with Crippen molar-refractivity contribution in [3.8, 4) is 0 Å². The quantitative estimate of drug-likeness (QED) is 0.503. The molecule has 1 aromatic heterocycles. The van der Waals surface area contributed by atoms with Crippen LogP contribution in [0.2, 0.25) is 0 Å². The Labute approximate surface area is 79.8 Å². The second kappa shape index (κ2) is 3.33. The van der Waals surface area contributed by atoms with Crippen LogP contribution in [0.3, 0.4) is 0 Å². The first-order valence-corrected chi connectivity index (χ1v) is 4.75. The van der Waals surface area contributed by atoms with Gasteiger partial charge in [-0.25, -0.2) is 0 Å². The normalized spacial score (nSPS) is 10.6. The minimum absolute atomic E-state index is 0.0867. The Kier molecular flexibility index (Phi) is 2.18. The van der Waals surface area contributed by atoms with Gasteiger partial charge in [-0.15, -0.1) is 11.3 Å². The Bertz CT molecular complexity index is 424. The number of hydrogen-bond donors (Lipinski definition) is 3. The molecule has 0 aliphatic carbocycles. The fourth-order valence-electron chi connectivity index (χ4n) is 1.31. The zero-order valence-corrected chi connectivity index (χ0v) is 7.77.